The molecule has 2 N–H and O–H groups in total. The highest BCUT2D eigenvalue weighted by atomic mass is 31.2. The van der Waals surface area contributed by atoms with Gasteiger partial charge in [-0.15, -0.1) is 0 Å². The highest BCUT2D eigenvalue weighted by Crippen LogP contribution is 2.53. The molecule has 0 radical (unpaired) electrons. The van der Waals surface area contributed by atoms with Crippen LogP contribution in [0, 0.1) is 23.2 Å². The zero-order chi connectivity index (χ0) is 51.7. The molecule has 0 spiro atoms. The Labute approximate surface area is 422 Å². The molecule has 0 saturated carbocycles. The number of nitrogens with zero attached hydrogens (tertiary/aromatic N) is 8. The van der Waals surface area contributed by atoms with E-state index >= 15 is 0 Å². The predicted octanol–water partition coefficient (Wildman–Crippen LogP) is 9.72. The number of fused-ring (bicyclic) bond motifs is 1. The third-order valence-electron chi connectivity index (χ3n) is 13.0. The van der Waals surface area contributed by atoms with Gasteiger partial charge in [0.2, 0.25) is 0 Å². The van der Waals surface area contributed by atoms with Gasteiger partial charge in [-0.2, -0.15) is 10.4 Å². The van der Waals surface area contributed by atoms with Crippen molar-refractivity contribution in [3.8, 4) is 29.4 Å². The normalized spacial score (nSPS) is 18.2. The van der Waals surface area contributed by atoms with Crippen LogP contribution in [0.15, 0.2) is 90.2 Å². The van der Waals surface area contributed by atoms with Crippen molar-refractivity contribution in [2.75, 3.05) is 48.1 Å². The number of amidine groups is 1. The van der Waals surface area contributed by atoms with Crippen LogP contribution in [0.1, 0.15) is 90.4 Å². The van der Waals surface area contributed by atoms with Crippen molar-refractivity contribution < 1.29 is 32.4 Å². The summed E-state index contributed by atoms with van der Waals surface area (Å²) in [6.45, 7) is 21.6. The molecule has 5 atom stereocenters. The molecule has 6 rings (SSSR count). The summed E-state index contributed by atoms with van der Waals surface area (Å²) in [5.41, 5.74) is 8.17. The van der Waals surface area contributed by atoms with Crippen LogP contribution in [0.2, 0.25) is 18.1 Å². The zero-order valence-corrected chi connectivity index (χ0v) is 45.7. The first-order chi connectivity index (χ1) is 33.8. The predicted molar refractivity (Wildman–Crippen MR) is 282 cm³/mol. The molecule has 3 heterocycles. The lowest BCUT2D eigenvalue weighted by atomic mass is 9.80. The number of rotatable bonds is 20. The Bertz CT molecular complexity index is 2600. The number of methoxy groups -OCH3 is 2. The quantitative estimate of drug-likeness (QED) is 0.0148. The van der Waals surface area contributed by atoms with E-state index in [1.54, 1.807) is 18.9 Å². The van der Waals surface area contributed by atoms with Gasteiger partial charge in [-0.05, 0) is 99.6 Å². The van der Waals surface area contributed by atoms with Gasteiger partial charge in [0, 0.05) is 26.2 Å². The number of aromatic nitrogens is 4. The lowest BCUT2D eigenvalue weighted by molar-refractivity contribution is -0.0950. The summed E-state index contributed by atoms with van der Waals surface area (Å²) in [5.74, 6) is 8.69. The maximum atomic E-state index is 9.70. The van der Waals surface area contributed by atoms with E-state index in [1.807, 2.05) is 92.6 Å². The lowest BCUT2D eigenvalue weighted by Crippen LogP contribution is -2.50. The van der Waals surface area contributed by atoms with Gasteiger partial charge < -0.3 is 43.1 Å². The molecule has 0 bridgehead atoms. The molecule has 0 aliphatic carbocycles. The van der Waals surface area contributed by atoms with Crippen LogP contribution < -0.4 is 15.2 Å². The number of nitriles is 1. The number of hydrogen-bond donors (Lipinski definition) is 1. The zero-order valence-electron chi connectivity index (χ0n) is 43.8. The second kappa shape index (κ2) is 23.9. The molecule has 1 aliphatic heterocycles. The average molecular weight is 1010 g/mol. The first-order valence-electron chi connectivity index (χ1n) is 24.0. The highest BCUT2D eigenvalue weighted by molar-refractivity contribution is 7.44. The van der Waals surface area contributed by atoms with Crippen molar-refractivity contribution >= 4 is 39.5 Å². The Morgan fingerprint density at radius 1 is 0.901 bits per heavy atom. The Kier molecular flexibility index (Phi) is 18.6. The van der Waals surface area contributed by atoms with Crippen LogP contribution in [-0.4, -0.2) is 122 Å². The standard InChI is InChI=1S/C53H72N9O7PSi/c1-36(2)62(37(3)4)70(66-33-19-32-55)68-47-45(34-65-53(39-20-16-15-17-21-39,40-23-27-42(63-11)28-24-40)41-25-29-43(64-12)30-26-41)67-51(48(47)69-71(13,14)52(6,7)8)61-50-46(44(59-61)22-18-31-54)49(56-35-57-50)58-38(5)60(9)10/h15-17,20-21,23-30,35-37,45,47-48,51H,19,31,33-34,54H2,1-14H3/b58-38+/t45-,47-,48-,51-,70?/m1/s1. The van der Waals surface area contributed by atoms with Crippen LogP contribution in [0.5, 0.6) is 11.5 Å². The number of ether oxygens (including phenoxy) is 4. The molecule has 5 aromatic rings. The summed E-state index contributed by atoms with van der Waals surface area (Å²) in [5, 5.41) is 15.2. The Balaban J connectivity index is 1.64. The smallest absolute Gasteiger partial charge is 0.259 e. The second-order valence-corrected chi connectivity index (χ2v) is 25.8. The van der Waals surface area contributed by atoms with Gasteiger partial charge >= 0.3 is 0 Å². The largest absolute Gasteiger partial charge is 0.497 e. The molecular weight excluding hydrogens is 934 g/mol. The van der Waals surface area contributed by atoms with Crippen molar-refractivity contribution in [2.45, 2.75) is 122 Å². The summed E-state index contributed by atoms with van der Waals surface area (Å²) >= 11 is 0. The molecule has 1 aliphatic rings. The molecule has 1 fully saturated rings. The van der Waals surface area contributed by atoms with Gasteiger partial charge in [0.1, 0.15) is 53.3 Å². The first-order valence-corrected chi connectivity index (χ1v) is 28.1. The van der Waals surface area contributed by atoms with Crippen LogP contribution in [0.25, 0.3) is 11.0 Å². The minimum absolute atomic E-state index is 0.00619. The molecule has 0 amide bonds. The van der Waals surface area contributed by atoms with E-state index in [0.29, 0.717) is 34.0 Å². The molecule has 18 heteroatoms. The van der Waals surface area contributed by atoms with Gasteiger partial charge in [0.25, 0.3) is 8.53 Å². The third kappa shape index (κ3) is 12.3. The summed E-state index contributed by atoms with van der Waals surface area (Å²) in [4.78, 5) is 16.3. The molecule has 3 aromatic carbocycles. The first kappa shape index (κ1) is 55.0. The van der Waals surface area contributed by atoms with Crippen LogP contribution in [0.4, 0.5) is 5.82 Å². The van der Waals surface area contributed by atoms with E-state index in [0.717, 1.165) is 22.5 Å². The van der Waals surface area contributed by atoms with Crippen molar-refractivity contribution in [3.05, 3.63) is 108 Å². The SMILES string of the molecule is COc1ccc(C(OC[C@H]2O[C@@H](n3nc(C#CCN)c4c(/N=C(\C)N(C)C)ncnc43)[C@H](O[Si](C)(C)C(C)(C)C)[C@@H]2OP(OCCC#N)N(C(C)C)C(C)C)(c2ccccc2)c2ccc(OC)cc2)cc1. The van der Waals surface area contributed by atoms with E-state index in [9.17, 15) is 5.26 Å². The number of benzene rings is 3. The maximum Gasteiger partial charge on any atom is 0.259 e. The molecule has 16 nitrogen and oxygen atoms in total. The van der Waals surface area contributed by atoms with Crippen molar-refractivity contribution in [3.63, 3.8) is 0 Å². The molecule has 380 valence electrons. The Morgan fingerprint density at radius 2 is 1.49 bits per heavy atom. The monoisotopic (exact) mass is 1010 g/mol. The van der Waals surface area contributed by atoms with Gasteiger partial charge in [0.05, 0.1) is 51.9 Å². The minimum atomic E-state index is -2.69. The van der Waals surface area contributed by atoms with E-state index in [2.05, 4.69) is 101 Å². The second-order valence-electron chi connectivity index (χ2n) is 19.6. The summed E-state index contributed by atoms with van der Waals surface area (Å²) in [6, 6.07) is 28.2. The fourth-order valence-electron chi connectivity index (χ4n) is 8.18. The topological polar surface area (TPSA) is 177 Å². The summed E-state index contributed by atoms with van der Waals surface area (Å²) in [7, 11) is 2.60. The van der Waals surface area contributed by atoms with E-state index in [4.69, 9.17) is 53.2 Å². The van der Waals surface area contributed by atoms with Crippen molar-refractivity contribution in [1.29, 1.82) is 5.26 Å². The fourth-order valence-corrected chi connectivity index (χ4v) is 11.2. The minimum Gasteiger partial charge on any atom is -0.497 e. The van der Waals surface area contributed by atoms with Crippen molar-refractivity contribution in [1.82, 2.24) is 29.3 Å². The average Bonchev–Trinajstić information content (AvgIpc) is 3.88. The van der Waals surface area contributed by atoms with E-state index in [-0.39, 0.29) is 43.3 Å². The molecule has 1 saturated heterocycles. The lowest BCUT2D eigenvalue weighted by Gasteiger charge is -2.42. The summed E-state index contributed by atoms with van der Waals surface area (Å²) < 4.78 is 52.0. The number of nitrogens with two attached hydrogens (primary N) is 1. The highest BCUT2D eigenvalue weighted by Gasteiger charge is 2.55. The van der Waals surface area contributed by atoms with Gasteiger partial charge in [-0.1, -0.05) is 81.3 Å². The molecule has 2 aromatic heterocycles. The van der Waals surface area contributed by atoms with Crippen LogP contribution in [0.3, 0.4) is 0 Å². The molecule has 71 heavy (non-hydrogen) atoms. The van der Waals surface area contributed by atoms with Gasteiger partial charge in [0.15, 0.2) is 26.0 Å². The van der Waals surface area contributed by atoms with E-state index in [1.165, 1.54) is 6.33 Å². The number of hydrogen-bond acceptors (Lipinski definition) is 14. The third-order valence-corrected chi connectivity index (χ3v) is 19.6. The van der Waals surface area contributed by atoms with Gasteiger partial charge in [-0.3, -0.25) is 0 Å². The number of aliphatic imine (C=N–C) groups is 1. The Hall–Kier alpha value is -5.30. The maximum absolute atomic E-state index is 9.70. The van der Waals surface area contributed by atoms with Crippen LogP contribution in [-0.2, 0) is 28.5 Å². The van der Waals surface area contributed by atoms with Crippen molar-refractivity contribution in [2.24, 2.45) is 10.7 Å². The van der Waals surface area contributed by atoms with E-state index < -0.39 is 47.0 Å². The molecular formula is C53H72N9O7PSi. The Morgan fingerprint density at radius 3 is 2.01 bits per heavy atom. The fraction of sp³-hybridized carbons (Fsp3) is 0.491. The van der Waals surface area contributed by atoms with Crippen LogP contribution >= 0.6 is 8.53 Å². The molecule has 1 unspecified atom stereocenters. The van der Waals surface area contributed by atoms with Gasteiger partial charge in [-0.25, -0.2) is 24.3 Å². The summed E-state index contributed by atoms with van der Waals surface area (Å²) in [6.07, 6.45) is -1.77.